The van der Waals surface area contributed by atoms with Crippen molar-refractivity contribution < 1.29 is 9.59 Å². The normalized spacial score (nSPS) is 18.1. The SMILES string of the molecule is CC(C)C(=O)N1CCC[C@@H](CNC(=O)c2cccn3cnnc23)C1. The monoisotopic (exact) mass is 329 g/mol. The van der Waals surface area contributed by atoms with E-state index in [1.165, 1.54) is 0 Å². The average molecular weight is 329 g/mol. The summed E-state index contributed by atoms with van der Waals surface area (Å²) < 4.78 is 1.72. The van der Waals surface area contributed by atoms with E-state index in [0.29, 0.717) is 30.2 Å². The van der Waals surface area contributed by atoms with E-state index < -0.39 is 0 Å². The van der Waals surface area contributed by atoms with Crippen LogP contribution in [-0.4, -0.2) is 50.9 Å². The summed E-state index contributed by atoms with van der Waals surface area (Å²) in [5.41, 5.74) is 1.07. The molecule has 1 N–H and O–H groups in total. The molecule has 0 bridgehead atoms. The molecule has 1 fully saturated rings. The zero-order valence-corrected chi connectivity index (χ0v) is 14.1. The molecule has 3 rings (SSSR count). The van der Waals surface area contributed by atoms with Crippen LogP contribution in [0.15, 0.2) is 24.7 Å². The number of nitrogens with zero attached hydrogens (tertiary/aromatic N) is 4. The Bertz CT molecular complexity index is 739. The van der Waals surface area contributed by atoms with Crippen LogP contribution in [0, 0.1) is 11.8 Å². The summed E-state index contributed by atoms with van der Waals surface area (Å²) in [6.07, 6.45) is 5.39. The molecule has 24 heavy (non-hydrogen) atoms. The Morgan fingerprint density at radius 3 is 3.04 bits per heavy atom. The Labute approximate surface area is 141 Å². The summed E-state index contributed by atoms with van der Waals surface area (Å²) in [5, 5.41) is 10.8. The molecular weight excluding hydrogens is 306 g/mol. The third-order valence-electron chi connectivity index (χ3n) is 4.44. The van der Waals surface area contributed by atoms with E-state index >= 15 is 0 Å². The first-order valence-electron chi connectivity index (χ1n) is 8.41. The fourth-order valence-electron chi connectivity index (χ4n) is 3.16. The minimum Gasteiger partial charge on any atom is -0.352 e. The largest absolute Gasteiger partial charge is 0.352 e. The van der Waals surface area contributed by atoms with Crippen LogP contribution in [0.5, 0.6) is 0 Å². The maximum Gasteiger partial charge on any atom is 0.255 e. The van der Waals surface area contributed by atoms with E-state index in [-0.39, 0.29) is 17.7 Å². The van der Waals surface area contributed by atoms with Gasteiger partial charge in [0, 0.05) is 31.7 Å². The van der Waals surface area contributed by atoms with Crippen molar-refractivity contribution in [2.24, 2.45) is 11.8 Å². The molecule has 1 atom stereocenters. The van der Waals surface area contributed by atoms with Crippen LogP contribution < -0.4 is 5.32 Å². The highest BCUT2D eigenvalue weighted by atomic mass is 16.2. The molecule has 3 heterocycles. The summed E-state index contributed by atoms with van der Waals surface area (Å²) >= 11 is 0. The lowest BCUT2D eigenvalue weighted by molar-refractivity contribution is -0.136. The number of pyridine rings is 1. The molecule has 0 aromatic carbocycles. The molecule has 0 aliphatic carbocycles. The van der Waals surface area contributed by atoms with E-state index in [1.54, 1.807) is 22.9 Å². The molecule has 1 aliphatic rings. The van der Waals surface area contributed by atoms with Crippen molar-refractivity contribution in [3.8, 4) is 0 Å². The maximum absolute atomic E-state index is 12.5. The molecule has 0 unspecified atom stereocenters. The number of amides is 2. The van der Waals surface area contributed by atoms with E-state index in [2.05, 4.69) is 15.5 Å². The smallest absolute Gasteiger partial charge is 0.255 e. The fraction of sp³-hybridized carbons (Fsp3) is 0.529. The van der Waals surface area contributed by atoms with Crippen molar-refractivity contribution in [2.45, 2.75) is 26.7 Å². The Morgan fingerprint density at radius 1 is 1.42 bits per heavy atom. The number of likely N-dealkylation sites (tertiary alicyclic amines) is 1. The van der Waals surface area contributed by atoms with Gasteiger partial charge < -0.3 is 10.2 Å². The summed E-state index contributed by atoms with van der Waals surface area (Å²) in [7, 11) is 0. The number of carbonyl (C=O) groups is 2. The van der Waals surface area contributed by atoms with E-state index in [1.807, 2.05) is 24.9 Å². The second kappa shape index (κ2) is 6.98. The van der Waals surface area contributed by atoms with Gasteiger partial charge in [0.2, 0.25) is 5.91 Å². The number of hydrogen-bond donors (Lipinski definition) is 1. The van der Waals surface area contributed by atoms with Crippen molar-refractivity contribution in [1.29, 1.82) is 0 Å². The third kappa shape index (κ3) is 3.39. The molecular formula is C17H23N5O2. The summed E-state index contributed by atoms with van der Waals surface area (Å²) in [6.45, 7) is 5.95. The predicted octanol–water partition coefficient (Wildman–Crippen LogP) is 1.35. The highest BCUT2D eigenvalue weighted by Gasteiger charge is 2.25. The van der Waals surface area contributed by atoms with Crippen LogP contribution in [0.4, 0.5) is 0 Å². The van der Waals surface area contributed by atoms with E-state index in [9.17, 15) is 9.59 Å². The van der Waals surface area contributed by atoms with Gasteiger partial charge in [-0.2, -0.15) is 0 Å². The molecule has 0 saturated carbocycles. The molecule has 1 aliphatic heterocycles. The number of nitrogens with one attached hydrogen (secondary N) is 1. The molecule has 128 valence electrons. The Hall–Kier alpha value is -2.44. The second-order valence-corrected chi connectivity index (χ2v) is 6.64. The summed E-state index contributed by atoms with van der Waals surface area (Å²) in [6, 6.07) is 3.55. The number of hydrogen-bond acceptors (Lipinski definition) is 4. The molecule has 2 amide bonds. The van der Waals surface area contributed by atoms with Gasteiger partial charge in [-0.15, -0.1) is 10.2 Å². The molecule has 1 saturated heterocycles. The molecule has 2 aromatic rings. The van der Waals surface area contributed by atoms with Gasteiger partial charge in [-0.1, -0.05) is 13.8 Å². The zero-order chi connectivity index (χ0) is 17.1. The lowest BCUT2D eigenvalue weighted by atomic mass is 9.97. The quantitative estimate of drug-likeness (QED) is 0.918. The van der Waals surface area contributed by atoms with Gasteiger partial charge >= 0.3 is 0 Å². The van der Waals surface area contributed by atoms with Gasteiger partial charge in [-0.05, 0) is 30.9 Å². The number of rotatable bonds is 4. The van der Waals surface area contributed by atoms with Crippen LogP contribution in [-0.2, 0) is 4.79 Å². The number of piperidine rings is 1. The van der Waals surface area contributed by atoms with E-state index in [4.69, 9.17) is 0 Å². The average Bonchev–Trinajstić information content (AvgIpc) is 3.07. The third-order valence-corrected chi connectivity index (χ3v) is 4.44. The molecule has 2 aromatic heterocycles. The van der Waals surface area contributed by atoms with Crippen LogP contribution in [0.3, 0.4) is 0 Å². The lowest BCUT2D eigenvalue weighted by Gasteiger charge is -2.34. The molecule has 0 spiro atoms. The van der Waals surface area contributed by atoms with Crippen LogP contribution in [0.1, 0.15) is 37.0 Å². The van der Waals surface area contributed by atoms with Gasteiger partial charge in [-0.3, -0.25) is 14.0 Å². The topological polar surface area (TPSA) is 79.6 Å². The minimum absolute atomic E-state index is 0.0175. The first-order valence-corrected chi connectivity index (χ1v) is 8.41. The number of aromatic nitrogens is 3. The van der Waals surface area contributed by atoms with Crippen molar-refractivity contribution in [3.05, 3.63) is 30.2 Å². The molecule has 0 radical (unpaired) electrons. The van der Waals surface area contributed by atoms with Crippen molar-refractivity contribution in [1.82, 2.24) is 24.8 Å². The maximum atomic E-state index is 12.5. The molecule has 7 heteroatoms. The minimum atomic E-state index is -0.152. The second-order valence-electron chi connectivity index (χ2n) is 6.64. The lowest BCUT2D eigenvalue weighted by Crippen LogP contribution is -2.45. The Kier molecular flexibility index (Phi) is 4.78. The van der Waals surface area contributed by atoms with Crippen molar-refractivity contribution >= 4 is 17.5 Å². The predicted molar refractivity (Wildman–Crippen MR) is 89.5 cm³/mol. The fourth-order valence-corrected chi connectivity index (χ4v) is 3.16. The van der Waals surface area contributed by atoms with Crippen molar-refractivity contribution in [3.63, 3.8) is 0 Å². The molecule has 7 nitrogen and oxygen atoms in total. The summed E-state index contributed by atoms with van der Waals surface area (Å²) in [4.78, 5) is 26.5. The number of fused-ring (bicyclic) bond motifs is 1. The number of carbonyl (C=O) groups excluding carboxylic acids is 2. The van der Waals surface area contributed by atoms with Crippen molar-refractivity contribution in [2.75, 3.05) is 19.6 Å². The van der Waals surface area contributed by atoms with Gasteiger partial charge in [0.15, 0.2) is 5.65 Å². The summed E-state index contributed by atoms with van der Waals surface area (Å²) in [5.74, 6) is 0.354. The first-order chi connectivity index (χ1) is 11.6. The van der Waals surface area contributed by atoms with Gasteiger partial charge in [0.25, 0.3) is 5.91 Å². The van der Waals surface area contributed by atoms with E-state index in [0.717, 1.165) is 19.4 Å². The zero-order valence-electron chi connectivity index (χ0n) is 14.1. The standard InChI is InChI=1S/C17H23N5O2/c1-12(2)17(24)21-7-3-5-13(10-21)9-18-16(23)14-6-4-8-22-11-19-20-15(14)22/h4,6,8,11-13H,3,5,7,9-10H2,1-2H3,(H,18,23)/t13-/m0/s1. The van der Waals surface area contributed by atoms with Gasteiger partial charge in [0.05, 0.1) is 5.56 Å². The highest BCUT2D eigenvalue weighted by molar-refractivity contribution is 5.99. The van der Waals surface area contributed by atoms with Crippen LogP contribution in [0.2, 0.25) is 0 Å². The Morgan fingerprint density at radius 2 is 2.25 bits per heavy atom. The Balaban J connectivity index is 1.60. The first kappa shape index (κ1) is 16.4. The van der Waals surface area contributed by atoms with Crippen LogP contribution >= 0.6 is 0 Å². The van der Waals surface area contributed by atoms with Crippen LogP contribution in [0.25, 0.3) is 5.65 Å². The van der Waals surface area contributed by atoms with Gasteiger partial charge in [-0.25, -0.2) is 0 Å². The highest BCUT2D eigenvalue weighted by Crippen LogP contribution is 2.18. The van der Waals surface area contributed by atoms with Gasteiger partial charge in [0.1, 0.15) is 6.33 Å².